The Balaban J connectivity index is 0.00000729. The molecule has 1 aromatic rings. The van der Waals surface area contributed by atoms with E-state index in [0.717, 1.165) is 34.4 Å². The van der Waals surface area contributed by atoms with Gasteiger partial charge in [0.15, 0.2) is 11.5 Å². The monoisotopic (exact) mass is 505 g/mol. The summed E-state index contributed by atoms with van der Waals surface area (Å²) in [5, 5.41) is 0. The number of allylic oxidation sites excluding steroid dienone is 1. The van der Waals surface area contributed by atoms with E-state index < -0.39 is 0 Å². The summed E-state index contributed by atoms with van der Waals surface area (Å²) in [6.07, 6.45) is 12.6. The Morgan fingerprint density at radius 3 is 2.07 bits per heavy atom. The second-order valence-electron chi connectivity index (χ2n) is 8.08. The molecule has 0 saturated carbocycles. The van der Waals surface area contributed by atoms with Crippen LogP contribution in [0.1, 0.15) is 57.4 Å². The molecule has 0 atom stereocenters. The molecule has 0 aliphatic heterocycles. The highest BCUT2D eigenvalue weighted by Crippen LogP contribution is 2.39. The maximum absolute atomic E-state index is 5.97. The highest BCUT2D eigenvalue weighted by Gasteiger charge is 2.13. The lowest BCUT2D eigenvalue weighted by atomic mass is 10.1. The van der Waals surface area contributed by atoms with Crippen LogP contribution in [0.2, 0.25) is 0 Å². The molecule has 28 heavy (non-hydrogen) atoms. The first-order chi connectivity index (χ1) is 12.9. The smallest absolute Gasteiger partial charge is 0.203 e. The van der Waals surface area contributed by atoms with E-state index in [1.807, 2.05) is 12.1 Å². The van der Waals surface area contributed by atoms with Crippen molar-refractivity contribution >= 4 is 6.08 Å². The lowest BCUT2D eigenvalue weighted by molar-refractivity contribution is -0.870. The fraction of sp³-hybridized carbons (Fsp3) is 0.652. The first-order valence-electron chi connectivity index (χ1n) is 10.3. The molecule has 5 heteroatoms. The summed E-state index contributed by atoms with van der Waals surface area (Å²) in [6, 6.07) is 4.04. The predicted molar refractivity (Wildman–Crippen MR) is 115 cm³/mol. The number of quaternary nitrogens is 1. The van der Waals surface area contributed by atoms with Crippen molar-refractivity contribution in [2.45, 2.75) is 51.9 Å². The fourth-order valence-corrected chi connectivity index (χ4v) is 2.91. The van der Waals surface area contributed by atoms with Gasteiger partial charge in [-0.05, 0) is 43.4 Å². The third-order valence-electron chi connectivity index (χ3n) is 4.49. The average Bonchev–Trinajstić information content (AvgIpc) is 2.63. The zero-order valence-electron chi connectivity index (χ0n) is 18.7. The van der Waals surface area contributed by atoms with Gasteiger partial charge in [0.25, 0.3) is 0 Å². The highest BCUT2D eigenvalue weighted by atomic mass is 127. The quantitative estimate of drug-likeness (QED) is 0.221. The van der Waals surface area contributed by atoms with Crippen LogP contribution in [-0.4, -0.2) is 53.0 Å². The Hall–Kier alpha value is -0.950. The molecule has 0 aliphatic carbocycles. The van der Waals surface area contributed by atoms with E-state index in [-0.39, 0.29) is 24.0 Å². The lowest BCUT2D eigenvalue weighted by Crippen LogP contribution is -3.00. The van der Waals surface area contributed by atoms with Crippen molar-refractivity contribution < 1.29 is 42.7 Å². The standard InChI is InChI=1S/C23H40NO3.HI/c1-7-8-9-14-17-27-23-21(25-5)18-20(19-22(23)26-6)15-12-10-11-13-16-24(2,3)4;/h12,15,18-19H,7-11,13-14,16-17H2,1-6H3;1H/q+1;/p-1/b15-12+;. The largest absolute Gasteiger partial charge is 1.00 e. The second kappa shape index (κ2) is 15.0. The highest BCUT2D eigenvalue weighted by molar-refractivity contribution is 5.62. The van der Waals surface area contributed by atoms with Gasteiger partial charge < -0.3 is 42.7 Å². The number of benzene rings is 1. The van der Waals surface area contributed by atoms with E-state index in [4.69, 9.17) is 14.2 Å². The molecule has 4 nitrogen and oxygen atoms in total. The Labute approximate surface area is 189 Å². The van der Waals surface area contributed by atoms with Crippen LogP contribution >= 0.6 is 0 Å². The van der Waals surface area contributed by atoms with Crippen LogP contribution in [0.3, 0.4) is 0 Å². The van der Waals surface area contributed by atoms with E-state index in [9.17, 15) is 0 Å². The molecule has 0 spiro atoms. The summed E-state index contributed by atoms with van der Waals surface area (Å²) in [6.45, 7) is 4.11. The molecule has 0 N–H and O–H groups in total. The molecule has 0 radical (unpaired) electrons. The predicted octanol–water partition coefficient (Wildman–Crippen LogP) is 2.56. The van der Waals surface area contributed by atoms with Crippen molar-refractivity contribution in [2.75, 3.05) is 48.5 Å². The topological polar surface area (TPSA) is 27.7 Å². The number of ether oxygens (including phenoxy) is 3. The van der Waals surface area contributed by atoms with Gasteiger partial charge in [0, 0.05) is 0 Å². The molecule has 0 aromatic heterocycles. The zero-order valence-corrected chi connectivity index (χ0v) is 20.9. The molecule has 0 amide bonds. The lowest BCUT2D eigenvalue weighted by Gasteiger charge is -2.23. The molecule has 0 fully saturated rings. The van der Waals surface area contributed by atoms with Crippen molar-refractivity contribution in [3.05, 3.63) is 23.8 Å². The molecule has 0 unspecified atom stereocenters. The number of halogens is 1. The van der Waals surface area contributed by atoms with Gasteiger partial charge in [-0.2, -0.15) is 0 Å². The SMILES string of the molecule is CCCCCCOc1c(OC)cc(/C=C/CCCC[N+](C)(C)C)cc1OC.[I-]. The molecule has 0 saturated heterocycles. The van der Waals surface area contributed by atoms with Gasteiger partial charge in [-0.25, -0.2) is 0 Å². The van der Waals surface area contributed by atoms with Gasteiger partial charge in [-0.3, -0.25) is 0 Å². The minimum Gasteiger partial charge on any atom is -1.00 e. The Morgan fingerprint density at radius 1 is 0.893 bits per heavy atom. The number of methoxy groups -OCH3 is 2. The van der Waals surface area contributed by atoms with Crippen LogP contribution in [0.15, 0.2) is 18.2 Å². The molecule has 1 aromatic carbocycles. The van der Waals surface area contributed by atoms with Gasteiger partial charge in [0.2, 0.25) is 5.75 Å². The summed E-state index contributed by atoms with van der Waals surface area (Å²) in [5.41, 5.74) is 1.08. The van der Waals surface area contributed by atoms with Gasteiger partial charge in [-0.1, -0.05) is 38.3 Å². The molecule has 0 heterocycles. The zero-order chi connectivity index (χ0) is 20.1. The minimum absolute atomic E-state index is 0. The first kappa shape index (κ1) is 27.0. The van der Waals surface area contributed by atoms with Crippen molar-refractivity contribution in [1.82, 2.24) is 0 Å². The average molecular weight is 505 g/mol. The summed E-state index contributed by atoms with van der Waals surface area (Å²) in [7, 11) is 10.1. The first-order valence-corrected chi connectivity index (χ1v) is 10.3. The van der Waals surface area contributed by atoms with E-state index in [1.165, 1.54) is 38.6 Å². The van der Waals surface area contributed by atoms with Crippen LogP contribution in [0.25, 0.3) is 6.08 Å². The van der Waals surface area contributed by atoms with Gasteiger partial charge in [0.05, 0.1) is 48.5 Å². The maximum atomic E-state index is 5.97. The van der Waals surface area contributed by atoms with E-state index in [2.05, 4.69) is 40.2 Å². The fourth-order valence-electron chi connectivity index (χ4n) is 2.91. The third-order valence-corrected chi connectivity index (χ3v) is 4.49. The number of unbranched alkanes of at least 4 members (excludes halogenated alkanes) is 5. The summed E-state index contributed by atoms with van der Waals surface area (Å²) in [4.78, 5) is 0. The van der Waals surface area contributed by atoms with Gasteiger partial charge >= 0.3 is 0 Å². The van der Waals surface area contributed by atoms with Crippen molar-refractivity contribution in [3.8, 4) is 17.2 Å². The summed E-state index contributed by atoms with van der Waals surface area (Å²) in [5.74, 6) is 2.17. The second-order valence-corrected chi connectivity index (χ2v) is 8.08. The Morgan fingerprint density at radius 2 is 1.54 bits per heavy atom. The van der Waals surface area contributed by atoms with Crippen molar-refractivity contribution in [2.24, 2.45) is 0 Å². The normalized spacial score (nSPS) is 11.4. The summed E-state index contributed by atoms with van der Waals surface area (Å²) < 4.78 is 18.1. The van der Waals surface area contributed by atoms with Crippen LogP contribution in [0.5, 0.6) is 17.2 Å². The molecule has 0 aliphatic rings. The van der Waals surface area contributed by atoms with Crippen LogP contribution in [-0.2, 0) is 0 Å². The summed E-state index contributed by atoms with van der Waals surface area (Å²) >= 11 is 0. The Bertz CT molecular complexity index is 542. The van der Waals surface area contributed by atoms with Gasteiger partial charge in [0.1, 0.15) is 0 Å². The number of hydrogen-bond acceptors (Lipinski definition) is 3. The molecular weight excluding hydrogens is 465 g/mol. The van der Waals surface area contributed by atoms with Gasteiger partial charge in [-0.15, -0.1) is 0 Å². The maximum Gasteiger partial charge on any atom is 0.203 e. The molecule has 162 valence electrons. The molecular formula is C23H40INO3. The van der Waals surface area contributed by atoms with Crippen LogP contribution in [0.4, 0.5) is 0 Å². The van der Waals surface area contributed by atoms with E-state index in [1.54, 1.807) is 14.2 Å². The van der Waals surface area contributed by atoms with Crippen molar-refractivity contribution in [1.29, 1.82) is 0 Å². The minimum atomic E-state index is 0. The number of rotatable bonds is 14. The van der Waals surface area contributed by atoms with Crippen LogP contribution in [0, 0.1) is 0 Å². The van der Waals surface area contributed by atoms with Crippen LogP contribution < -0.4 is 38.2 Å². The Kier molecular flexibility index (Phi) is 14.5. The number of hydrogen-bond donors (Lipinski definition) is 0. The van der Waals surface area contributed by atoms with E-state index >= 15 is 0 Å². The van der Waals surface area contributed by atoms with Crippen molar-refractivity contribution in [3.63, 3.8) is 0 Å². The third kappa shape index (κ3) is 11.1. The number of nitrogens with zero attached hydrogens (tertiary/aromatic N) is 1. The molecule has 1 rings (SSSR count). The molecule has 0 bridgehead atoms. The van der Waals surface area contributed by atoms with E-state index in [0.29, 0.717) is 12.4 Å².